The molecule has 1 aromatic heterocycles. The summed E-state index contributed by atoms with van der Waals surface area (Å²) in [6, 6.07) is 3.80. The molecule has 4 aromatic rings. The molecule has 7 rings (SSSR count). The van der Waals surface area contributed by atoms with Crippen LogP contribution < -0.4 is 36.5 Å². The van der Waals surface area contributed by atoms with Crippen LogP contribution in [0.4, 0.5) is 0 Å². The number of fused-ring (bicyclic) bond motifs is 2. The lowest BCUT2D eigenvalue weighted by atomic mass is 9.98. The van der Waals surface area contributed by atoms with Crippen LogP contribution in [0.3, 0.4) is 0 Å². The number of sulfone groups is 1. The van der Waals surface area contributed by atoms with Gasteiger partial charge >= 0.3 is 0 Å². The van der Waals surface area contributed by atoms with E-state index in [9.17, 15) is 77.7 Å². The van der Waals surface area contributed by atoms with Crippen molar-refractivity contribution in [3.05, 3.63) is 77.9 Å². The second kappa shape index (κ2) is 33.4. The number of β-amino-alcohol motifs (C(OH)–C–C–N with tert-alkyl or cyclic N) is 1. The fourth-order valence-electron chi connectivity index (χ4n) is 10.9. The van der Waals surface area contributed by atoms with Gasteiger partial charge in [0.15, 0.2) is 21.3 Å². The van der Waals surface area contributed by atoms with Crippen LogP contribution in [-0.4, -0.2) is 229 Å². The van der Waals surface area contributed by atoms with E-state index in [0.717, 1.165) is 48.5 Å². The highest BCUT2D eigenvalue weighted by atomic mass is 32.2. The fraction of sp³-hybridized carbons (Fsp3) is 0.534. The summed E-state index contributed by atoms with van der Waals surface area (Å²) < 4.78 is 46.0. The van der Waals surface area contributed by atoms with E-state index in [4.69, 9.17) is 24.4 Å². The lowest BCUT2D eigenvalue weighted by Gasteiger charge is -2.34. The first-order valence-corrected chi connectivity index (χ1v) is 32.0. The SMILES string of the molecule is COCCCCCCCS(=O)(=O)c1ccc(-c2nc(-c3ccc(C(=O)N[C@H]4C[C@H](O)CNC(=O)[C@@H]5[C@@H](O)[C@H](C)CN5C(=O)[C@H]([C@H](O)CCN)NC(=O)[C@H]([C@H](O)Cc5ccc(O)c(OSOOO)c5)NC(=O)[C@@H]5C[C@H](O)CN5C(=O)[C@H]([C@H](C)O)NC4=O)cc3)no2)cc1. The Hall–Kier alpha value is -7.45. The van der Waals surface area contributed by atoms with Crippen LogP contribution in [0, 0.1) is 5.92 Å². The Balaban J connectivity index is 1.15. The van der Waals surface area contributed by atoms with E-state index < -0.39 is 168 Å². The summed E-state index contributed by atoms with van der Waals surface area (Å²) in [6.45, 7) is 1.38. The molecular weight excluding hydrogens is 1250 g/mol. The predicted octanol–water partition coefficient (Wildman–Crippen LogP) is -1.86. The number of carbonyl (C=O) groups is 7. The van der Waals surface area contributed by atoms with Crippen molar-refractivity contribution in [1.29, 1.82) is 0 Å². The average Bonchev–Trinajstić information content (AvgIpc) is 1.63. The topological polar surface area (TPSA) is 484 Å². The molecule has 0 saturated carbocycles. The van der Waals surface area contributed by atoms with Crippen LogP contribution in [0.2, 0.25) is 0 Å². The summed E-state index contributed by atoms with van der Waals surface area (Å²) in [6.07, 6.45) is -8.47. The minimum atomic E-state index is -3.56. The molecule has 4 heterocycles. The number of carbonyl (C=O) groups excluding carboxylic acids is 7. The molecule has 92 heavy (non-hydrogen) atoms. The van der Waals surface area contributed by atoms with Gasteiger partial charge in [0.05, 0.1) is 47.3 Å². The molecule has 7 amide bonds. The Morgan fingerprint density at radius 1 is 0.804 bits per heavy atom. The van der Waals surface area contributed by atoms with E-state index >= 15 is 0 Å². The molecule has 0 spiro atoms. The molecule has 32 nitrogen and oxygen atoms in total. The highest BCUT2D eigenvalue weighted by molar-refractivity contribution is 7.91. The van der Waals surface area contributed by atoms with Crippen molar-refractivity contribution in [2.45, 2.75) is 149 Å². The van der Waals surface area contributed by atoms with Gasteiger partial charge in [0.2, 0.25) is 41.3 Å². The van der Waals surface area contributed by atoms with Crippen molar-refractivity contribution < 1.29 is 106 Å². The molecule has 0 bridgehead atoms. The van der Waals surface area contributed by atoms with E-state index in [-0.39, 0.29) is 71.1 Å². The van der Waals surface area contributed by atoms with Gasteiger partial charge in [0.1, 0.15) is 36.3 Å². The number of aromatic nitrogens is 2. The van der Waals surface area contributed by atoms with Crippen LogP contribution in [0.5, 0.6) is 11.5 Å². The first-order valence-electron chi connectivity index (χ1n) is 29.6. The number of aliphatic hydroxyl groups is 6. The van der Waals surface area contributed by atoms with Crippen molar-refractivity contribution in [2.24, 2.45) is 11.7 Å². The molecule has 3 saturated heterocycles. The molecule has 15 N–H and O–H groups in total. The summed E-state index contributed by atoms with van der Waals surface area (Å²) in [7, 11) is -1.93. The average molecular weight is 1330 g/mol. The van der Waals surface area contributed by atoms with Crippen LogP contribution >= 0.6 is 12.3 Å². The summed E-state index contributed by atoms with van der Waals surface area (Å²) >= 11 is 0.0700. The van der Waals surface area contributed by atoms with Crippen LogP contribution in [-0.2, 0) is 59.1 Å². The number of aliphatic hydroxyl groups excluding tert-OH is 6. The van der Waals surface area contributed by atoms with Crippen LogP contribution in [0.1, 0.15) is 81.1 Å². The second-order valence-corrected chi connectivity index (χ2v) is 25.3. The van der Waals surface area contributed by atoms with E-state index in [1.807, 2.05) is 0 Å². The van der Waals surface area contributed by atoms with Gasteiger partial charge in [-0.15, -0.1) is 0 Å². The summed E-state index contributed by atoms with van der Waals surface area (Å²) in [4.78, 5) is 107. The molecule has 3 aromatic carbocycles. The number of hydrogen-bond donors (Lipinski definition) is 14. The smallest absolute Gasteiger partial charge is 0.261 e. The number of nitrogens with one attached hydrogen (secondary N) is 5. The maximum Gasteiger partial charge on any atom is 0.261 e. The fourth-order valence-corrected chi connectivity index (χ4v) is 12.5. The van der Waals surface area contributed by atoms with Gasteiger partial charge in [-0.25, -0.2) is 13.7 Å². The zero-order chi connectivity index (χ0) is 67.0. The zero-order valence-corrected chi connectivity index (χ0v) is 52.1. The number of methoxy groups -OCH3 is 1. The van der Waals surface area contributed by atoms with E-state index in [0.29, 0.717) is 24.2 Å². The lowest BCUT2D eigenvalue weighted by Crippen LogP contribution is -2.64. The number of aromatic hydroxyl groups is 1. The predicted molar refractivity (Wildman–Crippen MR) is 322 cm³/mol. The van der Waals surface area contributed by atoms with Crippen molar-refractivity contribution in [3.63, 3.8) is 0 Å². The van der Waals surface area contributed by atoms with Crippen LogP contribution in [0.25, 0.3) is 22.8 Å². The normalized spacial score (nSPS) is 24.9. The Morgan fingerprint density at radius 3 is 2.15 bits per heavy atom. The van der Waals surface area contributed by atoms with Gasteiger partial charge in [-0.05, 0) is 86.8 Å². The molecule has 3 aliphatic heterocycles. The Morgan fingerprint density at radius 2 is 1.47 bits per heavy atom. The number of benzene rings is 3. The molecule has 13 atom stereocenters. The van der Waals surface area contributed by atoms with Crippen molar-refractivity contribution in [2.75, 3.05) is 45.6 Å². The largest absolute Gasteiger partial charge is 0.504 e. The number of unbranched alkanes of at least 4 members (excludes halogenated alkanes) is 4. The molecular formula is C58H78N10O22S2. The Labute approximate surface area is 532 Å². The summed E-state index contributed by atoms with van der Waals surface area (Å²) in [5.41, 5.74) is 6.60. The minimum Gasteiger partial charge on any atom is -0.504 e. The number of nitrogens with zero attached hydrogens (tertiary/aromatic N) is 4. The third kappa shape index (κ3) is 18.7. The maximum atomic E-state index is 14.7. The van der Waals surface area contributed by atoms with Crippen molar-refractivity contribution in [1.82, 2.24) is 46.5 Å². The summed E-state index contributed by atoms with van der Waals surface area (Å²) in [5.74, 6) is -9.47. The molecule has 34 heteroatoms. The molecule has 504 valence electrons. The molecule has 0 radical (unpaired) electrons. The third-order valence-corrected chi connectivity index (χ3v) is 18.1. The monoisotopic (exact) mass is 1330 g/mol. The Kier molecular flexibility index (Phi) is 26.1. The van der Waals surface area contributed by atoms with Gasteiger partial charge < -0.3 is 91.3 Å². The minimum absolute atomic E-state index is 0.0128. The molecule has 0 unspecified atom stereocenters. The first-order chi connectivity index (χ1) is 43.8. The third-order valence-electron chi connectivity index (χ3n) is 15.9. The lowest BCUT2D eigenvalue weighted by molar-refractivity contribution is -0.433. The van der Waals surface area contributed by atoms with Crippen molar-refractivity contribution >= 4 is 63.5 Å². The highest BCUT2D eigenvalue weighted by Crippen LogP contribution is 2.32. The van der Waals surface area contributed by atoms with Crippen LogP contribution in [0.15, 0.2) is 76.1 Å². The van der Waals surface area contributed by atoms with Gasteiger partial charge in [0.25, 0.3) is 24.1 Å². The van der Waals surface area contributed by atoms with Gasteiger partial charge in [0, 0.05) is 75.2 Å². The number of phenols is 1. The maximum absolute atomic E-state index is 14.7. The second-order valence-electron chi connectivity index (χ2n) is 22.8. The van der Waals surface area contributed by atoms with E-state index in [1.54, 1.807) is 7.11 Å². The van der Waals surface area contributed by atoms with E-state index in [2.05, 4.69) is 46.1 Å². The van der Waals surface area contributed by atoms with Gasteiger partial charge in [-0.1, -0.05) is 58.9 Å². The van der Waals surface area contributed by atoms with Gasteiger partial charge in [-0.2, -0.15) is 4.98 Å². The number of hydrogen-bond acceptors (Lipinski definition) is 26. The zero-order valence-electron chi connectivity index (χ0n) is 50.4. The molecule has 3 aliphatic rings. The number of nitrogens with two attached hydrogens (primary N) is 1. The number of amides is 7. The highest BCUT2D eigenvalue weighted by Gasteiger charge is 2.50. The first kappa shape index (κ1) is 72.0. The number of ether oxygens (including phenoxy) is 1. The number of rotatable bonds is 24. The van der Waals surface area contributed by atoms with Crippen molar-refractivity contribution in [3.8, 4) is 34.3 Å². The quantitative estimate of drug-likeness (QED) is 0.0158. The standard InChI is InChI=1S/C58H78N10O22S2/c1-30-28-68-48(49(30)75)55(80)60-27-36(70)25-39(61-51(76)34-12-10-33(11-13-34)50-65-56(87-66-50)35-14-16-38(17-15-35)92(84,85)22-8-6-4-5-7-21-86-3)52(77)62-45(31(2)69)57(81)67-29-37(71)26-40(67)53(78)63-46(54(79)64-47(58(68)82)42(73)19-20-59)43(74)23-32-9-18-41(72)44(24-32)88-91-90-89-83/h9-18,24,30-31,36-37,39-40,42-43,45-49,69-75,83H,4-8,19-23,25-29,59H2,1-3H3,(H,60,80)(H,61,76)(H,62,77)(H,63,78)(H,64,79)/t30-,31+,36+,37+,39+,40+,42-,43-,45+,46+,47+,48+,49+/m1/s1. The molecule has 3 fully saturated rings. The summed E-state index contributed by atoms with van der Waals surface area (Å²) in [5, 5.41) is 107. The van der Waals surface area contributed by atoms with E-state index in [1.165, 1.54) is 67.6 Å². The Bertz CT molecular complexity index is 3290. The van der Waals surface area contributed by atoms with Gasteiger partial charge in [-0.3, -0.25) is 33.6 Å². The number of phenolic OH excluding ortho intramolecular Hbond substituents is 1. The molecule has 0 aliphatic carbocycles.